The Bertz CT molecular complexity index is 392. The molecule has 1 fully saturated rings. The van der Waals surface area contributed by atoms with Gasteiger partial charge in [-0.2, -0.15) is 0 Å². The molecule has 4 heteroatoms. The lowest BCUT2D eigenvalue weighted by Crippen LogP contribution is -2.34. The van der Waals surface area contributed by atoms with Gasteiger partial charge in [0.05, 0.1) is 7.11 Å². The maximum atomic E-state index is 11.4. The average molecular weight is 221 g/mol. The molecule has 1 saturated heterocycles. The molecule has 0 spiro atoms. The molecule has 2 rings (SSSR count). The van der Waals surface area contributed by atoms with Crippen molar-refractivity contribution in [3.05, 3.63) is 30.1 Å². The van der Waals surface area contributed by atoms with Crippen molar-refractivity contribution < 1.29 is 14.1 Å². The number of hydrogen-bond acceptors (Lipinski definition) is 3. The number of aromatic nitrogens is 1. The number of pyridine rings is 1. The van der Waals surface area contributed by atoms with Crippen molar-refractivity contribution in [1.29, 1.82) is 0 Å². The molecule has 0 saturated carbocycles. The third-order valence-electron chi connectivity index (χ3n) is 3.00. The van der Waals surface area contributed by atoms with E-state index in [2.05, 4.69) is 17.6 Å². The van der Waals surface area contributed by atoms with Crippen LogP contribution >= 0.6 is 0 Å². The van der Waals surface area contributed by atoms with Crippen LogP contribution in [0, 0.1) is 0 Å². The topological polar surface area (TPSA) is 42.2 Å². The number of hydrogen-bond donors (Lipinski definition) is 1. The molecule has 0 aromatic carbocycles. The second kappa shape index (κ2) is 4.61. The summed E-state index contributed by atoms with van der Waals surface area (Å²) in [6.07, 6.45) is 5.90. The summed E-state index contributed by atoms with van der Waals surface area (Å²) >= 11 is 0. The zero-order chi connectivity index (χ0) is 11.5. The fourth-order valence-electron chi connectivity index (χ4n) is 2.15. The Balaban J connectivity index is 2.06. The number of nitrogens with one attached hydrogen (secondary N) is 1. The second-order valence-electron chi connectivity index (χ2n) is 4.18. The fourth-order valence-corrected chi connectivity index (χ4v) is 2.15. The summed E-state index contributed by atoms with van der Waals surface area (Å²) in [5, 5.41) is 3.30. The van der Waals surface area contributed by atoms with Crippen LogP contribution in [-0.4, -0.2) is 19.1 Å². The van der Waals surface area contributed by atoms with E-state index in [1.54, 1.807) is 0 Å². The van der Waals surface area contributed by atoms with Gasteiger partial charge in [0.2, 0.25) is 0 Å². The first-order valence-corrected chi connectivity index (χ1v) is 5.50. The van der Waals surface area contributed by atoms with Gasteiger partial charge >= 0.3 is 5.97 Å². The van der Waals surface area contributed by atoms with E-state index in [-0.39, 0.29) is 18.1 Å². The number of carbonyl (C=O) groups is 1. The van der Waals surface area contributed by atoms with Gasteiger partial charge in [-0.05, 0) is 18.9 Å². The maximum Gasteiger partial charge on any atom is 0.322 e. The smallest absolute Gasteiger partial charge is 0.322 e. The summed E-state index contributed by atoms with van der Waals surface area (Å²) in [7, 11) is 3.43. The summed E-state index contributed by atoms with van der Waals surface area (Å²) in [4.78, 5) is 11.4. The van der Waals surface area contributed by atoms with Gasteiger partial charge < -0.3 is 4.74 Å². The number of esters is 1. The van der Waals surface area contributed by atoms with E-state index in [0.29, 0.717) is 0 Å². The van der Waals surface area contributed by atoms with Gasteiger partial charge in [0, 0.05) is 17.7 Å². The van der Waals surface area contributed by atoms with Crippen LogP contribution in [0.3, 0.4) is 0 Å². The molecular formula is C12H17N2O2+. The molecule has 16 heavy (non-hydrogen) atoms. The van der Waals surface area contributed by atoms with Crippen molar-refractivity contribution >= 4 is 5.97 Å². The molecule has 0 bridgehead atoms. The highest BCUT2D eigenvalue weighted by Crippen LogP contribution is 2.25. The largest absolute Gasteiger partial charge is 0.468 e. The van der Waals surface area contributed by atoms with E-state index in [4.69, 9.17) is 4.74 Å². The van der Waals surface area contributed by atoms with Crippen LogP contribution in [0.1, 0.15) is 24.4 Å². The predicted octanol–water partition coefficient (Wildman–Crippen LogP) is 0.477. The van der Waals surface area contributed by atoms with E-state index < -0.39 is 0 Å². The molecule has 0 radical (unpaired) electrons. The van der Waals surface area contributed by atoms with Gasteiger partial charge in [0.1, 0.15) is 13.1 Å². The highest BCUT2D eigenvalue weighted by molar-refractivity contribution is 5.76. The molecule has 1 aromatic rings. The zero-order valence-electron chi connectivity index (χ0n) is 9.64. The molecule has 1 aliphatic rings. The maximum absolute atomic E-state index is 11.4. The van der Waals surface area contributed by atoms with Gasteiger partial charge in [-0.15, -0.1) is 0 Å². The number of rotatable bonds is 2. The SMILES string of the molecule is COC(=O)[C@H]1CC[C@@H](c2ccc[n+](C)c2)N1. The van der Waals surface area contributed by atoms with E-state index in [9.17, 15) is 4.79 Å². The zero-order valence-corrected chi connectivity index (χ0v) is 9.64. The molecule has 86 valence electrons. The Morgan fingerprint density at radius 1 is 1.56 bits per heavy atom. The minimum Gasteiger partial charge on any atom is -0.468 e. The number of nitrogens with zero attached hydrogens (tertiary/aromatic N) is 1. The molecular weight excluding hydrogens is 204 g/mol. The van der Waals surface area contributed by atoms with Gasteiger partial charge in [-0.1, -0.05) is 0 Å². The van der Waals surface area contributed by atoms with Crippen molar-refractivity contribution in [3.63, 3.8) is 0 Å². The van der Waals surface area contributed by atoms with Crippen molar-refractivity contribution in [2.24, 2.45) is 7.05 Å². The first-order chi connectivity index (χ1) is 7.70. The quantitative estimate of drug-likeness (QED) is 0.583. The third kappa shape index (κ3) is 2.22. The number of ether oxygens (including phenoxy) is 1. The number of methoxy groups -OCH3 is 1. The van der Waals surface area contributed by atoms with Crippen LogP contribution in [0.5, 0.6) is 0 Å². The lowest BCUT2D eigenvalue weighted by molar-refractivity contribution is -0.672. The van der Waals surface area contributed by atoms with Gasteiger partial charge in [0.25, 0.3) is 0 Å². The Labute approximate surface area is 95.2 Å². The van der Waals surface area contributed by atoms with E-state index in [0.717, 1.165) is 12.8 Å². The van der Waals surface area contributed by atoms with Crippen LogP contribution in [0.25, 0.3) is 0 Å². The summed E-state index contributed by atoms with van der Waals surface area (Å²) in [5.74, 6) is -0.164. The normalized spacial score (nSPS) is 24.4. The molecule has 2 atom stereocenters. The highest BCUT2D eigenvalue weighted by Gasteiger charge is 2.31. The van der Waals surface area contributed by atoms with Crippen molar-refractivity contribution in [3.8, 4) is 0 Å². The molecule has 0 aliphatic carbocycles. The molecule has 1 aromatic heterocycles. The monoisotopic (exact) mass is 221 g/mol. The Hall–Kier alpha value is -1.42. The van der Waals surface area contributed by atoms with Crippen LogP contribution in [0.15, 0.2) is 24.5 Å². The summed E-state index contributed by atoms with van der Waals surface area (Å²) in [6.45, 7) is 0. The van der Waals surface area contributed by atoms with Crippen molar-refractivity contribution in [2.75, 3.05) is 7.11 Å². The van der Waals surface area contributed by atoms with Crippen molar-refractivity contribution in [1.82, 2.24) is 5.32 Å². The Morgan fingerprint density at radius 3 is 3.06 bits per heavy atom. The molecule has 4 nitrogen and oxygen atoms in total. The van der Waals surface area contributed by atoms with Crippen molar-refractivity contribution in [2.45, 2.75) is 24.9 Å². The van der Waals surface area contributed by atoms with E-state index in [1.165, 1.54) is 12.7 Å². The third-order valence-corrected chi connectivity index (χ3v) is 3.00. The standard InChI is InChI=1S/C12H17N2O2/c1-14-7-3-4-9(8-14)10-5-6-11(13-10)12(15)16-2/h3-4,7-8,10-11,13H,5-6H2,1-2H3/q+1/t10-,11+/m0/s1. The van der Waals surface area contributed by atoms with Crippen LogP contribution < -0.4 is 9.88 Å². The summed E-state index contributed by atoms with van der Waals surface area (Å²) in [6, 6.07) is 4.21. The number of aryl methyl sites for hydroxylation is 1. The van der Waals surface area contributed by atoms with Gasteiger partial charge in [-0.3, -0.25) is 10.1 Å². The average Bonchev–Trinajstić information content (AvgIpc) is 2.77. The summed E-state index contributed by atoms with van der Waals surface area (Å²) in [5.41, 5.74) is 1.22. The summed E-state index contributed by atoms with van der Waals surface area (Å²) < 4.78 is 6.75. The van der Waals surface area contributed by atoms with Crippen LogP contribution in [0.4, 0.5) is 0 Å². The molecule has 0 unspecified atom stereocenters. The van der Waals surface area contributed by atoms with E-state index in [1.807, 2.05) is 23.9 Å². The van der Waals surface area contributed by atoms with E-state index >= 15 is 0 Å². The number of carbonyl (C=O) groups excluding carboxylic acids is 1. The molecule has 1 N–H and O–H groups in total. The minimum absolute atomic E-state index is 0.152. The lowest BCUT2D eigenvalue weighted by atomic mass is 10.1. The van der Waals surface area contributed by atoms with Crippen LogP contribution in [0.2, 0.25) is 0 Å². The van der Waals surface area contributed by atoms with Gasteiger partial charge in [-0.25, -0.2) is 4.57 Å². The van der Waals surface area contributed by atoms with Crippen LogP contribution in [-0.2, 0) is 16.6 Å². The molecule has 0 amide bonds. The molecule has 1 aliphatic heterocycles. The first kappa shape index (κ1) is 11.1. The van der Waals surface area contributed by atoms with Gasteiger partial charge in [0.15, 0.2) is 12.4 Å². The predicted molar refractivity (Wildman–Crippen MR) is 58.5 cm³/mol. The lowest BCUT2D eigenvalue weighted by Gasteiger charge is -2.11. The highest BCUT2D eigenvalue weighted by atomic mass is 16.5. The Kier molecular flexibility index (Phi) is 3.19. The fraction of sp³-hybridized carbons (Fsp3) is 0.500. The second-order valence-corrected chi connectivity index (χ2v) is 4.18. The minimum atomic E-state index is -0.164. The first-order valence-electron chi connectivity index (χ1n) is 5.50. The Morgan fingerprint density at radius 2 is 2.38 bits per heavy atom. The molecule has 2 heterocycles.